The molecule has 0 bridgehead atoms. The Morgan fingerprint density at radius 1 is 1.08 bits per heavy atom. The zero-order valence-electron chi connectivity index (χ0n) is 21.4. The van der Waals surface area contributed by atoms with Crippen molar-refractivity contribution in [1.82, 2.24) is 4.90 Å². The molecule has 5 rings (SSSR count). The quantitative estimate of drug-likeness (QED) is 0.511. The van der Waals surface area contributed by atoms with Crippen molar-refractivity contribution in [3.8, 4) is 5.75 Å². The molecule has 1 saturated carbocycles. The highest BCUT2D eigenvalue weighted by Crippen LogP contribution is 2.40. The van der Waals surface area contributed by atoms with Crippen LogP contribution in [0.2, 0.25) is 0 Å². The number of likely N-dealkylation sites (tertiary alicyclic amines) is 1. The normalized spacial score (nSPS) is 21.9. The summed E-state index contributed by atoms with van der Waals surface area (Å²) in [4.78, 5) is 28.0. The Balaban J connectivity index is 1.34. The van der Waals surface area contributed by atoms with Crippen molar-refractivity contribution < 1.29 is 19.1 Å². The van der Waals surface area contributed by atoms with E-state index in [0.29, 0.717) is 43.0 Å². The highest BCUT2D eigenvalue weighted by atomic mass is 16.5. The number of aliphatic hydroxyl groups is 1. The van der Waals surface area contributed by atoms with Crippen LogP contribution in [0.25, 0.3) is 11.0 Å². The predicted octanol–water partition coefficient (Wildman–Crippen LogP) is 4.99. The molecule has 1 saturated heterocycles. The lowest BCUT2D eigenvalue weighted by atomic mass is 9.71. The third kappa shape index (κ3) is 4.66. The maximum absolute atomic E-state index is 13.2. The molecular weight excluding hydrogens is 454 g/mol. The third-order valence-corrected chi connectivity index (χ3v) is 8.28. The molecule has 2 aliphatic rings. The highest BCUT2D eigenvalue weighted by Gasteiger charge is 2.43. The molecule has 0 spiro atoms. The maximum atomic E-state index is 13.2. The van der Waals surface area contributed by atoms with Gasteiger partial charge in [0, 0.05) is 30.0 Å². The Labute approximate surface area is 211 Å². The average Bonchev–Trinajstić information content (AvgIpc) is 2.87. The fraction of sp³-hybridized carbons (Fsp3) is 0.467. The fourth-order valence-corrected chi connectivity index (χ4v) is 5.84. The average molecular weight is 490 g/mol. The molecule has 190 valence electrons. The minimum atomic E-state index is -0.635. The van der Waals surface area contributed by atoms with Crippen molar-refractivity contribution in [2.45, 2.75) is 71.5 Å². The molecule has 3 aromatic rings. The summed E-state index contributed by atoms with van der Waals surface area (Å²) in [5.41, 5.74) is 3.60. The maximum Gasteiger partial charge on any atom is 0.340 e. The van der Waals surface area contributed by atoms with Crippen molar-refractivity contribution in [2.75, 3.05) is 13.1 Å². The van der Waals surface area contributed by atoms with E-state index in [2.05, 4.69) is 12.1 Å². The molecule has 2 heterocycles. The van der Waals surface area contributed by atoms with Crippen molar-refractivity contribution in [3.05, 3.63) is 74.6 Å². The number of carbonyl (C=O) groups excluding carboxylic acids is 1. The smallest absolute Gasteiger partial charge is 0.340 e. The van der Waals surface area contributed by atoms with Gasteiger partial charge >= 0.3 is 5.63 Å². The molecule has 0 unspecified atom stereocenters. The Hall–Kier alpha value is -3.12. The van der Waals surface area contributed by atoms with Gasteiger partial charge in [-0.15, -0.1) is 0 Å². The number of ether oxygens (including phenoxy) is 1. The van der Waals surface area contributed by atoms with E-state index in [4.69, 9.17) is 9.15 Å². The number of nitrogens with zero attached hydrogens (tertiary/aromatic N) is 1. The van der Waals surface area contributed by atoms with Gasteiger partial charge in [0.1, 0.15) is 17.9 Å². The van der Waals surface area contributed by atoms with Crippen molar-refractivity contribution in [3.63, 3.8) is 0 Å². The molecule has 2 aromatic carbocycles. The van der Waals surface area contributed by atoms with Gasteiger partial charge in [0.05, 0.1) is 17.6 Å². The second-order valence-electron chi connectivity index (χ2n) is 10.6. The van der Waals surface area contributed by atoms with Crippen LogP contribution in [-0.4, -0.2) is 34.6 Å². The second-order valence-corrected chi connectivity index (χ2v) is 10.6. The lowest BCUT2D eigenvalue weighted by Gasteiger charge is -2.47. The number of carbonyl (C=O) groups is 1. The topological polar surface area (TPSA) is 80.0 Å². The van der Waals surface area contributed by atoms with Gasteiger partial charge < -0.3 is 19.2 Å². The predicted molar refractivity (Wildman–Crippen MR) is 139 cm³/mol. The standard InChI is InChI=1S/C30H35NO5/c1-19-7-9-22(10-8-19)18-35-26-12-11-24-20(2)25(29(33)36-28(24)21(26)3)16-27(32)31-15-14-30(34)13-5-4-6-23(30)17-31/h7-12,23,34H,4-6,13-18H2,1-3H3/t23-,30+/m1/s1. The Morgan fingerprint density at radius 2 is 1.86 bits per heavy atom. The number of benzene rings is 2. The first-order valence-corrected chi connectivity index (χ1v) is 13.0. The van der Waals surface area contributed by atoms with Crippen LogP contribution in [0.4, 0.5) is 0 Å². The number of hydrogen-bond acceptors (Lipinski definition) is 5. The van der Waals surface area contributed by atoms with Crippen LogP contribution in [0.3, 0.4) is 0 Å². The summed E-state index contributed by atoms with van der Waals surface area (Å²) < 4.78 is 11.8. The van der Waals surface area contributed by atoms with Gasteiger partial charge in [0.2, 0.25) is 5.91 Å². The molecule has 6 nitrogen and oxygen atoms in total. The molecule has 1 aliphatic heterocycles. The van der Waals surface area contributed by atoms with Gasteiger partial charge in [0.15, 0.2) is 0 Å². The van der Waals surface area contributed by atoms with Crippen LogP contribution in [0.15, 0.2) is 45.6 Å². The molecule has 6 heteroatoms. The van der Waals surface area contributed by atoms with Crippen LogP contribution in [0, 0.1) is 26.7 Å². The molecule has 1 aromatic heterocycles. The van der Waals surface area contributed by atoms with Gasteiger partial charge in [-0.05, 0) is 63.3 Å². The largest absolute Gasteiger partial charge is 0.488 e. The molecular formula is C30H35NO5. The van der Waals surface area contributed by atoms with Gasteiger partial charge in [-0.2, -0.15) is 0 Å². The van der Waals surface area contributed by atoms with Crippen molar-refractivity contribution >= 4 is 16.9 Å². The Morgan fingerprint density at radius 3 is 2.64 bits per heavy atom. The molecule has 1 amide bonds. The first kappa shape index (κ1) is 24.6. The number of amides is 1. The lowest BCUT2D eigenvalue weighted by molar-refractivity contribution is -0.142. The number of rotatable bonds is 5. The second kappa shape index (κ2) is 9.74. The van der Waals surface area contributed by atoms with E-state index < -0.39 is 11.2 Å². The minimum absolute atomic E-state index is 0.0139. The fourth-order valence-electron chi connectivity index (χ4n) is 5.84. The van der Waals surface area contributed by atoms with E-state index in [-0.39, 0.29) is 18.2 Å². The van der Waals surface area contributed by atoms with Crippen LogP contribution in [0.1, 0.15) is 59.9 Å². The molecule has 1 aliphatic carbocycles. The molecule has 36 heavy (non-hydrogen) atoms. The monoisotopic (exact) mass is 489 g/mol. The van der Waals surface area contributed by atoms with Crippen LogP contribution >= 0.6 is 0 Å². The summed E-state index contributed by atoms with van der Waals surface area (Å²) in [7, 11) is 0. The number of aryl methyl sites for hydroxylation is 3. The summed E-state index contributed by atoms with van der Waals surface area (Å²) in [5, 5.41) is 11.8. The summed E-state index contributed by atoms with van der Waals surface area (Å²) in [6.07, 6.45) is 4.54. The van der Waals surface area contributed by atoms with Gasteiger partial charge in [-0.3, -0.25) is 4.79 Å². The van der Waals surface area contributed by atoms with Crippen molar-refractivity contribution in [2.24, 2.45) is 5.92 Å². The van der Waals surface area contributed by atoms with Gasteiger partial charge in [-0.25, -0.2) is 4.79 Å². The number of fused-ring (bicyclic) bond motifs is 2. The van der Waals surface area contributed by atoms with E-state index >= 15 is 0 Å². The number of piperidine rings is 1. The highest BCUT2D eigenvalue weighted by molar-refractivity contribution is 5.87. The van der Waals surface area contributed by atoms with Gasteiger partial charge in [-0.1, -0.05) is 42.7 Å². The molecule has 0 radical (unpaired) electrons. The summed E-state index contributed by atoms with van der Waals surface area (Å²) in [6, 6.07) is 12.0. The summed E-state index contributed by atoms with van der Waals surface area (Å²) >= 11 is 0. The third-order valence-electron chi connectivity index (χ3n) is 8.28. The van der Waals surface area contributed by atoms with Crippen molar-refractivity contribution in [1.29, 1.82) is 0 Å². The van der Waals surface area contributed by atoms with Crippen LogP contribution in [0.5, 0.6) is 5.75 Å². The Bertz CT molecular complexity index is 1340. The van der Waals surface area contributed by atoms with E-state index in [0.717, 1.165) is 47.8 Å². The first-order valence-electron chi connectivity index (χ1n) is 13.0. The van der Waals surface area contributed by atoms with Crippen LogP contribution < -0.4 is 10.4 Å². The SMILES string of the molecule is Cc1ccc(COc2ccc3c(C)c(CC(=O)N4CC[C@@]5(O)CCCC[C@@H]5C4)c(=O)oc3c2C)cc1. The van der Waals surface area contributed by atoms with E-state index in [1.165, 1.54) is 5.56 Å². The lowest BCUT2D eigenvalue weighted by Crippen LogP contribution is -2.55. The number of hydrogen-bond donors (Lipinski definition) is 1. The van der Waals surface area contributed by atoms with Gasteiger partial charge in [0.25, 0.3) is 0 Å². The summed E-state index contributed by atoms with van der Waals surface area (Å²) in [6.45, 7) is 7.34. The zero-order valence-corrected chi connectivity index (χ0v) is 21.4. The molecule has 1 N–H and O–H groups in total. The molecule has 2 atom stereocenters. The molecule has 2 fully saturated rings. The summed E-state index contributed by atoms with van der Waals surface area (Å²) in [5.74, 6) is 0.717. The Kier molecular flexibility index (Phi) is 6.64. The zero-order chi connectivity index (χ0) is 25.4. The van der Waals surface area contributed by atoms with E-state index in [1.807, 2.05) is 49.9 Å². The first-order chi connectivity index (χ1) is 17.2. The van der Waals surface area contributed by atoms with Crippen LogP contribution in [-0.2, 0) is 17.8 Å². The van der Waals surface area contributed by atoms with E-state index in [9.17, 15) is 14.7 Å². The minimum Gasteiger partial charge on any atom is -0.488 e. The van der Waals surface area contributed by atoms with E-state index in [1.54, 1.807) is 0 Å².